The first kappa shape index (κ1) is 20.6. The summed E-state index contributed by atoms with van der Waals surface area (Å²) in [5.74, 6) is 2.75. The molecular formula is C18H28ClN2O3-. The molecule has 1 aromatic carbocycles. The predicted molar refractivity (Wildman–Crippen MR) is 92.2 cm³/mol. The molecule has 0 saturated carbocycles. The van der Waals surface area contributed by atoms with Gasteiger partial charge in [-0.2, -0.15) is 0 Å². The van der Waals surface area contributed by atoms with Gasteiger partial charge < -0.3 is 32.1 Å². The van der Waals surface area contributed by atoms with Gasteiger partial charge in [0.1, 0.15) is 11.5 Å². The van der Waals surface area contributed by atoms with Crippen molar-refractivity contribution < 1.29 is 26.7 Å². The highest BCUT2D eigenvalue weighted by Gasteiger charge is 2.22. The van der Waals surface area contributed by atoms with E-state index in [0.29, 0.717) is 35.4 Å². The third-order valence-electron chi connectivity index (χ3n) is 4.28. The number of carbonyl (C=O) groups is 1. The van der Waals surface area contributed by atoms with E-state index in [1.54, 1.807) is 26.4 Å². The summed E-state index contributed by atoms with van der Waals surface area (Å²) in [6.45, 7) is 7.53. The minimum Gasteiger partial charge on any atom is -1.00 e. The molecule has 1 aliphatic rings. The molecule has 136 valence electrons. The zero-order chi connectivity index (χ0) is 16.8. The molecule has 0 radical (unpaired) electrons. The van der Waals surface area contributed by atoms with Crippen molar-refractivity contribution in [2.24, 2.45) is 11.8 Å². The molecule has 0 bridgehead atoms. The molecule has 0 aromatic heterocycles. The van der Waals surface area contributed by atoms with Crippen LogP contribution < -0.4 is 27.2 Å². The second kappa shape index (κ2) is 9.74. The number of hydrogen-bond acceptors (Lipinski definition) is 4. The third kappa shape index (κ3) is 5.87. The highest BCUT2D eigenvalue weighted by molar-refractivity contribution is 5.92. The number of benzene rings is 1. The lowest BCUT2D eigenvalue weighted by atomic mass is 9.92. The Kier molecular flexibility index (Phi) is 8.36. The van der Waals surface area contributed by atoms with Crippen molar-refractivity contribution in [2.45, 2.75) is 26.7 Å². The maximum absolute atomic E-state index is 12.3. The van der Waals surface area contributed by atoms with E-state index in [1.807, 2.05) is 6.07 Å². The normalized spacial score (nSPS) is 20.8. The van der Waals surface area contributed by atoms with Crippen molar-refractivity contribution in [1.29, 1.82) is 0 Å². The first-order valence-electron chi connectivity index (χ1n) is 8.26. The van der Waals surface area contributed by atoms with E-state index in [1.165, 1.54) is 6.42 Å². The number of methoxy groups -OCH3 is 2. The second-order valence-electron chi connectivity index (χ2n) is 6.57. The molecule has 1 aliphatic heterocycles. The van der Waals surface area contributed by atoms with Crippen molar-refractivity contribution in [3.8, 4) is 11.5 Å². The molecule has 0 aliphatic carbocycles. The SMILES string of the molecule is COc1ccc(OC)c(NC(=O)CCN2CC(C)CC(C)C2)c1.[Cl-]. The molecule has 1 fully saturated rings. The van der Waals surface area contributed by atoms with Gasteiger partial charge in [-0.3, -0.25) is 4.79 Å². The predicted octanol–water partition coefficient (Wildman–Crippen LogP) is 0.0143. The summed E-state index contributed by atoms with van der Waals surface area (Å²) in [6.07, 6.45) is 1.77. The summed E-state index contributed by atoms with van der Waals surface area (Å²) < 4.78 is 10.5. The summed E-state index contributed by atoms with van der Waals surface area (Å²) in [5, 5.41) is 2.93. The van der Waals surface area contributed by atoms with Gasteiger partial charge in [-0.25, -0.2) is 0 Å². The number of anilines is 1. The van der Waals surface area contributed by atoms with Crippen LogP contribution in [0.3, 0.4) is 0 Å². The van der Waals surface area contributed by atoms with Gasteiger partial charge in [0, 0.05) is 32.1 Å². The summed E-state index contributed by atoms with van der Waals surface area (Å²) in [5.41, 5.74) is 0.650. The molecule has 1 aromatic rings. The van der Waals surface area contributed by atoms with Crippen molar-refractivity contribution >= 4 is 11.6 Å². The first-order valence-corrected chi connectivity index (χ1v) is 8.26. The molecule has 0 spiro atoms. The van der Waals surface area contributed by atoms with Crippen LogP contribution in [0.15, 0.2) is 18.2 Å². The summed E-state index contributed by atoms with van der Waals surface area (Å²) in [6, 6.07) is 5.38. The minimum absolute atomic E-state index is 0. The fraction of sp³-hybridized carbons (Fsp3) is 0.611. The van der Waals surface area contributed by atoms with E-state index >= 15 is 0 Å². The van der Waals surface area contributed by atoms with E-state index in [-0.39, 0.29) is 18.3 Å². The summed E-state index contributed by atoms with van der Waals surface area (Å²) >= 11 is 0. The zero-order valence-corrected chi connectivity index (χ0v) is 15.7. The lowest BCUT2D eigenvalue weighted by molar-refractivity contribution is -0.116. The van der Waals surface area contributed by atoms with Gasteiger partial charge >= 0.3 is 0 Å². The Labute approximate surface area is 151 Å². The van der Waals surface area contributed by atoms with Crippen LogP contribution in [0.2, 0.25) is 0 Å². The maximum atomic E-state index is 12.3. The number of likely N-dealkylation sites (tertiary alicyclic amines) is 1. The monoisotopic (exact) mass is 355 g/mol. The molecule has 2 atom stereocenters. The van der Waals surface area contributed by atoms with Gasteiger partial charge in [0.25, 0.3) is 0 Å². The van der Waals surface area contributed by atoms with E-state index < -0.39 is 0 Å². The van der Waals surface area contributed by atoms with Crippen LogP contribution in [0.5, 0.6) is 11.5 Å². The van der Waals surface area contributed by atoms with Crippen LogP contribution in [-0.4, -0.2) is 44.7 Å². The average molecular weight is 356 g/mol. The molecule has 5 nitrogen and oxygen atoms in total. The zero-order valence-electron chi connectivity index (χ0n) is 15.0. The Bertz CT molecular complexity index is 529. The fourth-order valence-electron chi connectivity index (χ4n) is 3.36. The molecule has 1 amide bonds. The van der Waals surface area contributed by atoms with Crippen molar-refractivity contribution in [3.05, 3.63) is 18.2 Å². The number of nitrogens with one attached hydrogen (secondary N) is 1. The number of hydrogen-bond donors (Lipinski definition) is 1. The van der Waals surface area contributed by atoms with Gasteiger partial charge in [-0.15, -0.1) is 0 Å². The average Bonchev–Trinajstić information content (AvgIpc) is 2.52. The summed E-state index contributed by atoms with van der Waals surface area (Å²) in [7, 11) is 3.19. The minimum atomic E-state index is 0. The lowest BCUT2D eigenvalue weighted by Crippen LogP contribution is -3.00. The molecular weight excluding hydrogens is 328 g/mol. The van der Waals surface area contributed by atoms with Gasteiger partial charge in [0.05, 0.1) is 19.9 Å². The standard InChI is InChI=1S/C18H28N2O3.ClH/c1-13-9-14(2)12-20(11-13)8-7-18(21)19-16-10-15(22-3)5-6-17(16)23-4;/h5-6,10,13-14H,7-9,11-12H2,1-4H3,(H,19,21);1H/p-1. The van der Waals surface area contributed by atoms with Crippen LogP contribution in [0.4, 0.5) is 5.69 Å². The van der Waals surface area contributed by atoms with Crippen molar-refractivity contribution in [2.75, 3.05) is 39.2 Å². The van der Waals surface area contributed by atoms with Gasteiger partial charge in [0.15, 0.2) is 0 Å². The van der Waals surface area contributed by atoms with E-state index in [9.17, 15) is 4.79 Å². The van der Waals surface area contributed by atoms with Gasteiger partial charge in [-0.1, -0.05) is 13.8 Å². The summed E-state index contributed by atoms with van der Waals surface area (Å²) in [4.78, 5) is 14.6. The van der Waals surface area contributed by atoms with Crippen molar-refractivity contribution in [3.63, 3.8) is 0 Å². The third-order valence-corrected chi connectivity index (χ3v) is 4.28. The Morgan fingerprint density at radius 3 is 2.46 bits per heavy atom. The van der Waals surface area contributed by atoms with Gasteiger partial charge in [-0.05, 0) is 30.4 Å². The largest absolute Gasteiger partial charge is 1.00 e. The molecule has 24 heavy (non-hydrogen) atoms. The molecule has 1 saturated heterocycles. The number of halogens is 1. The molecule has 2 unspecified atom stereocenters. The number of ether oxygens (including phenoxy) is 2. The first-order chi connectivity index (χ1) is 11.0. The van der Waals surface area contributed by atoms with Crippen LogP contribution in [-0.2, 0) is 4.79 Å². The highest BCUT2D eigenvalue weighted by Crippen LogP contribution is 2.29. The van der Waals surface area contributed by atoms with Crippen LogP contribution in [0.25, 0.3) is 0 Å². The molecule has 1 heterocycles. The quantitative estimate of drug-likeness (QED) is 0.781. The Hall–Kier alpha value is -1.46. The Balaban J connectivity index is 0.00000288. The fourth-order valence-corrected chi connectivity index (χ4v) is 3.36. The van der Waals surface area contributed by atoms with E-state index in [4.69, 9.17) is 9.47 Å². The molecule has 6 heteroatoms. The molecule has 1 N–H and O–H groups in total. The van der Waals surface area contributed by atoms with Crippen LogP contribution >= 0.6 is 0 Å². The van der Waals surface area contributed by atoms with Crippen molar-refractivity contribution in [1.82, 2.24) is 4.90 Å². The number of rotatable bonds is 6. The Morgan fingerprint density at radius 2 is 1.88 bits per heavy atom. The van der Waals surface area contributed by atoms with Crippen LogP contribution in [0, 0.1) is 11.8 Å². The smallest absolute Gasteiger partial charge is 0.225 e. The highest BCUT2D eigenvalue weighted by atomic mass is 35.5. The lowest BCUT2D eigenvalue weighted by Gasteiger charge is -2.34. The number of piperidine rings is 1. The van der Waals surface area contributed by atoms with E-state index in [0.717, 1.165) is 19.6 Å². The Morgan fingerprint density at radius 1 is 1.21 bits per heavy atom. The number of nitrogens with zero attached hydrogens (tertiary/aromatic N) is 1. The van der Waals surface area contributed by atoms with Crippen LogP contribution in [0.1, 0.15) is 26.7 Å². The topological polar surface area (TPSA) is 50.8 Å². The number of amides is 1. The maximum Gasteiger partial charge on any atom is 0.225 e. The van der Waals surface area contributed by atoms with Gasteiger partial charge in [0.2, 0.25) is 5.91 Å². The second-order valence-corrected chi connectivity index (χ2v) is 6.57. The molecule has 2 rings (SSSR count). The van der Waals surface area contributed by atoms with E-state index in [2.05, 4.69) is 24.1 Å². The number of carbonyl (C=O) groups excluding carboxylic acids is 1.